The maximum Gasteiger partial charge on any atom is 0.245 e. The predicted octanol–water partition coefficient (Wildman–Crippen LogP) is 2.51. The Labute approximate surface area is 141 Å². The molecule has 2 rings (SSSR count). The highest BCUT2D eigenvalue weighted by atomic mass is 32.1. The van der Waals surface area contributed by atoms with E-state index in [9.17, 15) is 9.59 Å². The Hall–Kier alpha value is -1.47. The molecule has 0 aromatic carbocycles. The second-order valence-corrected chi connectivity index (χ2v) is 7.07. The van der Waals surface area contributed by atoms with Crippen molar-refractivity contribution in [3.8, 4) is 0 Å². The lowest BCUT2D eigenvalue weighted by molar-refractivity contribution is -0.136. The number of amides is 2. The topological polar surface area (TPSA) is 71.5 Å². The van der Waals surface area contributed by atoms with Crippen molar-refractivity contribution in [2.45, 2.75) is 52.6 Å². The van der Waals surface area contributed by atoms with Crippen LogP contribution >= 0.6 is 11.3 Å². The van der Waals surface area contributed by atoms with Crippen LogP contribution in [0.15, 0.2) is 0 Å². The molecule has 7 heteroatoms. The summed E-state index contributed by atoms with van der Waals surface area (Å²) in [4.78, 5) is 31.5. The molecule has 23 heavy (non-hydrogen) atoms. The van der Waals surface area contributed by atoms with Crippen molar-refractivity contribution >= 4 is 28.3 Å². The smallest absolute Gasteiger partial charge is 0.245 e. The number of nitrogens with one attached hydrogen (secondary N) is 1. The van der Waals surface area contributed by atoms with Crippen molar-refractivity contribution in [3.63, 3.8) is 0 Å². The fraction of sp³-hybridized carbons (Fsp3) is 0.688. The van der Waals surface area contributed by atoms with Crippen molar-refractivity contribution in [2.24, 2.45) is 0 Å². The lowest BCUT2D eigenvalue weighted by atomic mass is 10.2. The predicted molar refractivity (Wildman–Crippen MR) is 90.7 cm³/mol. The molecule has 1 N–H and O–H groups in total. The van der Waals surface area contributed by atoms with Crippen LogP contribution in [0, 0.1) is 13.8 Å². The van der Waals surface area contributed by atoms with Crippen LogP contribution in [0.2, 0.25) is 0 Å². The lowest BCUT2D eigenvalue weighted by Crippen LogP contribution is -2.42. The maximum absolute atomic E-state index is 12.3. The van der Waals surface area contributed by atoms with Crippen LogP contribution < -0.4 is 5.32 Å². The highest BCUT2D eigenvalue weighted by Crippen LogP contribution is 2.21. The number of hydrogen-bond donors (Lipinski definition) is 1. The summed E-state index contributed by atoms with van der Waals surface area (Å²) in [5.74, 6) is -0.203. The van der Waals surface area contributed by atoms with Crippen LogP contribution in [0.1, 0.15) is 43.2 Å². The first kappa shape index (κ1) is 17.9. The van der Waals surface area contributed by atoms with Crippen LogP contribution in [-0.4, -0.2) is 47.5 Å². The summed E-state index contributed by atoms with van der Waals surface area (Å²) in [6, 6.07) is 0. The molecule has 1 aromatic heterocycles. The molecule has 0 bridgehead atoms. The summed E-state index contributed by atoms with van der Waals surface area (Å²) in [5.41, 5.74) is 0.920. The van der Waals surface area contributed by atoms with E-state index in [0.29, 0.717) is 18.1 Å². The van der Waals surface area contributed by atoms with Gasteiger partial charge in [-0.2, -0.15) is 0 Å². The van der Waals surface area contributed by atoms with E-state index in [0.717, 1.165) is 36.4 Å². The molecule has 0 radical (unpaired) electrons. The molecule has 1 aliphatic rings. The van der Waals surface area contributed by atoms with E-state index in [1.165, 1.54) is 11.3 Å². The number of hydrogen-bond acceptors (Lipinski definition) is 5. The Morgan fingerprint density at radius 3 is 2.78 bits per heavy atom. The summed E-state index contributed by atoms with van der Waals surface area (Å²) >= 11 is 1.45. The van der Waals surface area contributed by atoms with Crippen molar-refractivity contribution in [1.29, 1.82) is 0 Å². The molecule has 1 aliphatic heterocycles. The van der Waals surface area contributed by atoms with Gasteiger partial charge in [-0.3, -0.25) is 9.59 Å². The molecule has 1 unspecified atom stereocenters. The van der Waals surface area contributed by atoms with E-state index in [4.69, 9.17) is 4.74 Å². The molecule has 6 nitrogen and oxygen atoms in total. The number of aromatic nitrogens is 1. The number of carbonyl (C=O) groups is 2. The summed E-state index contributed by atoms with van der Waals surface area (Å²) in [6.07, 6.45) is 3.24. The number of rotatable bonds is 7. The van der Waals surface area contributed by atoms with E-state index in [-0.39, 0.29) is 24.5 Å². The molecule has 1 saturated heterocycles. The highest BCUT2D eigenvalue weighted by Gasteiger charge is 2.24. The Balaban J connectivity index is 1.94. The normalized spacial score (nSPS) is 17.3. The molecule has 2 heterocycles. The average Bonchev–Trinajstić information content (AvgIpc) is 3.09. The van der Waals surface area contributed by atoms with Crippen LogP contribution in [0.25, 0.3) is 0 Å². The minimum absolute atomic E-state index is 0.00431. The largest absolute Gasteiger partial charge is 0.376 e. The number of aryl methyl sites for hydroxylation is 2. The number of anilines is 1. The van der Waals surface area contributed by atoms with Crippen LogP contribution in [0.3, 0.4) is 0 Å². The van der Waals surface area contributed by atoms with Gasteiger partial charge in [-0.25, -0.2) is 4.98 Å². The zero-order valence-electron chi connectivity index (χ0n) is 14.1. The van der Waals surface area contributed by atoms with Gasteiger partial charge in [0.25, 0.3) is 0 Å². The molecule has 1 atom stereocenters. The molecule has 2 amide bonds. The van der Waals surface area contributed by atoms with Gasteiger partial charge >= 0.3 is 0 Å². The van der Waals surface area contributed by atoms with Crippen molar-refractivity contribution in [3.05, 3.63) is 10.6 Å². The van der Waals surface area contributed by atoms with Gasteiger partial charge in [0.05, 0.1) is 11.8 Å². The standard InChI is InChI=1S/C16H25N3O3S/c1-4-6-15(21)19(9-13-7-5-8-22-13)10-14(20)18-16-17-11(2)12(3)23-16/h13H,4-10H2,1-3H3,(H,17,18,20). The quantitative estimate of drug-likeness (QED) is 0.828. The number of ether oxygens (including phenoxy) is 1. The maximum atomic E-state index is 12.3. The number of thiazole rings is 1. The van der Waals surface area contributed by atoms with E-state index in [2.05, 4.69) is 10.3 Å². The van der Waals surface area contributed by atoms with Gasteiger partial charge in [-0.15, -0.1) is 11.3 Å². The van der Waals surface area contributed by atoms with Crippen LogP contribution in [-0.2, 0) is 14.3 Å². The molecular formula is C16H25N3O3S. The third-order valence-corrected chi connectivity index (χ3v) is 4.86. The van der Waals surface area contributed by atoms with E-state index >= 15 is 0 Å². The van der Waals surface area contributed by atoms with E-state index in [1.807, 2.05) is 20.8 Å². The third-order valence-electron chi connectivity index (χ3n) is 3.87. The monoisotopic (exact) mass is 339 g/mol. The van der Waals surface area contributed by atoms with E-state index in [1.54, 1.807) is 4.90 Å². The Morgan fingerprint density at radius 2 is 2.22 bits per heavy atom. The molecular weight excluding hydrogens is 314 g/mol. The van der Waals surface area contributed by atoms with Gasteiger partial charge in [0.1, 0.15) is 6.54 Å². The number of nitrogens with zero attached hydrogens (tertiary/aromatic N) is 2. The molecule has 0 saturated carbocycles. The second kappa shape index (κ2) is 8.40. The van der Waals surface area contributed by atoms with Gasteiger partial charge in [-0.1, -0.05) is 6.92 Å². The first-order chi connectivity index (χ1) is 11.0. The zero-order chi connectivity index (χ0) is 16.8. The van der Waals surface area contributed by atoms with Crippen LogP contribution in [0.4, 0.5) is 5.13 Å². The molecule has 1 fully saturated rings. The minimum Gasteiger partial charge on any atom is -0.376 e. The summed E-state index contributed by atoms with van der Waals surface area (Å²) < 4.78 is 5.59. The zero-order valence-corrected chi connectivity index (χ0v) is 14.9. The fourth-order valence-electron chi connectivity index (χ4n) is 2.52. The highest BCUT2D eigenvalue weighted by molar-refractivity contribution is 7.15. The first-order valence-corrected chi connectivity index (χ1v) is 8.94. The van der Waals surface area contributed by atoms with Gasteiger partial charge < -0.3 is 15.0 Å². The van der Waals surface area contributed by atoms with Crippen LogP contribution in [0.5, 0.6) is 0 Å². The van der Waals surface area contributed by atoms with Crippen molar-refractivity contribution in [1.82, 2.24) is 9.88 Å². The average molecular weight is 339 g/mol. The van der Waals surface area contributed by atoms with Gasteiger partial charge in [-0.05, 0) is 33.1 Å². The molecule has 0 spiro atoms. The van der Waals surface area contributed by atoms with Gasteiger partial charge in [0.15, 0.2) is 5.13 Å². The van der Waals surface area contributed by atoms with Gasteiger partial charge in [0.2, 0.25) is 11.8 Å². The molecule has 1 aromatic rings. The lowest BCUT2D eigenvalue weighted by Gasteiger charge is -2.24. The summed E-state index contributed by atoms with van der Waals surface area (Å²) in [7, 11) is 0. The van der Waals surface area contributed by atoms with Crippen molar-refractivity contribution in [2.75, 3.05) is 25.0 Å². The molecule has 128 valence electrons. The van der Waals surface area contributed by atoms with Gasteiger partial charge in [0, 0.05) is 24.4 Å². The van der Waals surface area contributed by atoms with Crippen molar-refractivity contribution < 1.29 is 14.3 Å². The summed E-state index contributed by atoms with van der Waals surface area (Å²) in [5, 5.41) is 3.38. The Morgan fingerprint density at radius 1 is 1.43 bits per heavy atom. The first-order valence-electron chi connectivity index (χ1n) is 8.12. The third kappa shape index (κ3) is 5.28. The Kier molecular flexibility index (Phi) is 6.53. The molecule has 0 aliphatic carbocycles. The minimum atomic E-state index is -0.207. The SMILES string of the molecule is CCCC(=O)N(CC(=O)Nc1nc(C)c(C)s1)CC1CCCO1. The fourth-order valence-corrected chi connectivity index (χ4v) is 3.35. The van der Waals surface area contributed by atoms with E-state index < -0.39 is 0 Å². The Bertz CT molecular complexity index is 533. The number of carbonyl (C=O) groups excluding carboxylic acids is 2. The summed E-state index contributed by atoms with van der Waals surface area (Å²) in [6.45, 7) is 7.12. The second-order valence-electron chi connectivity index (χ2n) is 5.87.